The minimum Gasteiger partial charge on any atom is -0.464 e. The Morgan fingerprint density at radius 2 is 2.18 bits per heavy atom. The molecule has 1 N–H and O–H groups in total. The average molecular weight is 270 g/mol. The van der Waals surface area contributed by atoms with Gasteiger partial charge in [-0.25, -0.2) is 0 Å². The first-order chi connectivity index (χ1) is 8.20. The summed E-state index contributed by atoms with van der Waals surface area (Å²) in [5.74, 6) is 1.89. The van der Waals surface area contributed by atoms with Crippen LogP contribution in [0.1, 0.15) is 35.8 Å². The first-order valence-electron chi connectivity index (χ1n) is 5.75. The maximum atomic E-state index is 5.99. The van der Waals surface area contributed by atoms with Crippen LogP contribution in [-0.4, -0.2) is 6.54 Å². The molecule has 2 rings (SSSR count). The van der Waals surface area contributed by atoms with Crippen molar-refractivity contribution in [1.29, 1.82) is 0 Å². The molecule has 0 aliphatic carbocycles. The van der Waals surface area contributed by atoms with Gasteiger partial charge in [0.15, 0.2) is 0 Å². The van der Waals surface area contributed by atoms with Gasteiger partial charge in [-0.05, 0) is 44.2 Å². The van der Waals surface area contributed by atoms with Crippen molar-refractivity contribution in [3.05, 3.63) is 45.0 Å². The quantitative estimate of drug-likeness (QED) is 0.871. The summed E-state index contributed by atoms with van der Waals surface area (Å²) in [7, 11) is 0. The lowest BCUT2D eigenvalue weighted by molar-refractivity contribution is 0.433. The Morgan fingerprint density at radius 1 is 1.35 bits per heavy atom. The molecule has 2 heterocycles. The minimum atomic E-state index is 0.112. The van der Waals surface area contributed by atoms with Crippen LogP contribution >= 0.6 is 22.9 Å². The number of halogens is 1. The van der Waals surface area contributed by atoms with E-state index in [1.54, 1.807) is 11.3 Å². The predicted molar refractivity (Wildman–Crippen MR) is 72.9 cm³/mol. The van der Waals surface area contributed by atoms with Crippen LogP contribution < -0.4 is 5.32 Å². The van der Waals surface area contributed by atoms with E-state index in [1.807, 2.05) is 25.1 Å². The summed E-state index contributed by atoms with van der Waals surface area (Å²) in [6.07, 6.45) is 1.09. The van der Waals surface area contributed by atoms with Gasteiger partial charge in [0.1, 0.15) is 17.6 Å². The van der Waals surface area contributed by atoms with E-state index < -0.39 is 0 Å². The molecule has 4 heteroatoms. The Bertz CT molecular complexity index is 437. The van der Waals surface area contributed by atoms with Crippen molar-refractivity contribution in [3.8, 4) is 0 Å². The highest BCUT2D eigenvalue weighted by Gasteiger charge is 2.18. The van der Waals surface area contributed by atoms with Gasteiger partial charge in [0.25, 0.3) is 0 Å². The van der Waals surface area contributed by atoms with Crippen LogP contribution in [0.5, 0.6) is 0 Å². The molecule has 2 nitrogen and oxygen atoms in total. The summed E-state index contributed by atoms with van der Waals surface area (Å²) < 4.78 is 6.52. The summed E-state index contributed by atoms with van der Waals surface area (Å²) in [4.78, 5) is 1.19. The lowest BCUT2D eigenvalue weighted by atomic mass is 10.2. The van der Waals surface area contributed by atoms with Gasteiger partial charge >= 0.3 is 0 Å². The topological polar surface area (TPSA) is 25.2 Å². The van der Waals surface area contributed by atoms with E-state index in [4.69, 9.17) is 16.0 Å². The molecular formula is C13H16ClNOS. The molecule has 0 bridgehead atoms. The van der Waals surface area contributed by atoms with Crippen molar-refractivity contribution in [1.82, 2.24) is 5.32 Å². The van der Waals surface area contributed by atoms with Crippen molar-refractivity contribution in [3.63, 3.8) is 0 Å². The third-order valence-electron chi connectivity index (χ3n) is 2.52. The Morgan fingerprint density at radius 3 is 2.71 bits per heavy atom. The van der Waals surface area contributed by atoms with Gasteiger partial charge < -0.3 is 9.73 Å². The second-order valence-electron chi connectivity index (χ2n) is 3.98. The van der Waals surface area contributed by atoms with E-state index in [-0.39, 0.29) is 6.04 Å². The second-order valence-corrected chi connectivity index (χ2v) is 5.72. The highest BCUT2D eigenvalue weighted by atomic mass is 35.5. The Labute approximate surface area is 111 Å². The summed E-state index contributed by atoms with van der Waals surface area (Å²) >= 11 is 7.58. The Hall–Kier alpha value is -0.770. The van der Waals surface area contributed by atoms with Crippen molar-refractivity contribution in [2.24, 2.45) is 0 Å². The number of aryl methyl sites for hydroxylation is 1. The molecule has 0 aliphatic heterocycles. The summed E-state index contributed by atoms with van der Waals surface area (Å²) in [6, 6.07) is 8.11. The second kappa shape index (κ2) is 5.71. The minimum absolute atomic E-state index is 0.112. The number of rotatable bonds is 5. The van der Waals surface area contributed by atoms with Crippen LogP contribution in [0.25, 0.3) is 0 Å². The molecule has 0 aromatic carbocycles. The Kier molecular flexibility index (Phi) is 4.26. The number of furan rings is 1. The molecule has 0 amide bonds. The molecule has 0 fully saturated rings. The largest absolute Gasteiger partial charge is 0.464 e. The van der Waals surface area contributed by atoms with Crippen molar-refractivity contribution in [2.45, 2.75) is 26.3 Å². The highest BCUT2D eigenvalue weighted by Crippen LogP contribution is 2.31. The smallest absolute Gasteiger partial charge is 0.126 e. The highest BCUT2D eigenvalue weighted by molar-refractivity contribution is 7.16. The molecule has 2 aromatic rings. The number of thiophene rings is 1. The zero-order chi connectivity index (χ0) is 12.3. The molecule has 17 heavy (non-hydrogen) atoms. The summed E-state index contributed by atoms with van der Waals surface area (Å²) in [5.41, 5.74) is 0. The van der Waals surface area contributed by atoms with Crippen LogP contribution in [0, 0.1) is 6.92 Å². The van der Waals surface area contributed by atoms with Crippen LogP contribution in [0.3, 0.4) is 0 Å². The maximum absolute atomic E-state index is 5.99. The lowest BCUT2D eigenvalue weighted by Crippen LogP contribution is -2.21. The molecule has 0 radical (unpaired) electrons. The zero-order valence-corrected chi connectivity index (χ0v) is 11.6. The predicted octanol–water partition coefficient (Wildman–Crippen LogP) is 4.39. The fourth-order valence-electron chi connectivity index (χ4n) is 1.72. The average Bonchev–Trinajstić information content (AvgIpc) is 2.89. The van der Waals surface area contributed by atoms with Gasteiger partial charge in [0.2, 0.25) is 0 Å². The van der Waals surface area contributed by atoms with Crippen molar-refractivity contribution in [2.75, 3.05) is 6.54 Å². The molecule has 0 saturated carbocycles. The Balaban J connectivity index is 2.24. The molecule has 1 atom stereocenters. The van der Waals surface area contributed by atoms with Gasteiger partial charge in [0, 0.05) is 4.88 Å². The zero-order valence-electron chi connectivity index (χ0n) is 10.00. The third kappa shape index (κ3) is 3.12. The van der Waals surface area contributed by atoms with Gasteiger partial charge in [0.05, 0.1) is 4.34 Å². The van der Waals surface area contributed by atoms with Crippen molar-refractivity contribution >= 4 is 22.9 Å². The van der Waals surface area contributed by atoms with E-state index in [1.165, 1.54) is 4.88 Å². The number of nitrogens with one attached hydrogen (secondary N) is 1. The molecular weight excluding hydrogens is 254 g/mol. The number of hydrogen-bond acceptors (Lipinski definition) is 3. The molecule has 0 spiro atoms. The van der Waals surface area contributed by atoms with E-state index in [9.17, 15) is 0 Å². The summed E-state index contributed by atoms with van der Waals surface area (Å²) in [5, 5.41) is 3.49. The van der Waals surface area contributed by atoms with Crippen molar-refractivity contribution < 1.29 is 4.42 Å². The fraction of sp³-hybridized carbons (Fsp3) is 0.385. The fourth-order valence-corrected chi connectivity index (χ4v) is 2.87. The van der Waals surface area contributed by atoms with Gasteiger partial charge in [-0.2, -0.15) is 0 Å². The van der Waals surface area contributed by atoms with Gasteiger partial charge in [-0.1, -0.05) is 18.5 Å². The van der Waals surface area contributed by atoms with Crippen LogP contribution in [0.15, 0.2) is 28.7 Å². The monoisotopic (exact) mass is 269 g/mol. The standard InChI is InChI=1S/C13H16ClNOS/c1-3-8-15-13(10-5-4-9(2)16-10)11-6-7-12(14)17-11/h4-7,13,15H,3,8H2,1-2H3. The van der Waals surface area contributed by atoms with Crippen LogP contribution in [-0.2, 0) is 0 Å². The molecule has 0 aliphatic rings. The van der Waals surface area contributed by atoms with E-state index >= 15 is 0 Å². The maximum Gasteiger partial charge on any atom is 0.126 e. The van der Waals surface area contributed by atoms with Crippen LogP contribution in [0.2, 0.25) is 4.34 Å². The van der Waals surface area contributed by atoms with Gasteiger partial charge in [-0.15, -0.1) is 11.3 Å². The van der Waals surface area contributed by atoms with E-state index in [0.717, 1.165) is 28.8 Å². The lowest BCUT2D eigenvalue weighted by Gasteiger charge is -2.14. The first-order valence-corrected chi connectivity index (χ1v) is 6.95. The van der Waals surface area contributed by atoms with E-state index in [0.29, 0.717) is 0 Å². The molecule has 0 saturated heterocycles. The molecule has 92 valence electrons. The normalized spacial score (nSPS) is 12.9. The van der Waals surface area contributed by atoms with Crippen LogP contribution in [0.4, 0.5) is 0 Å². The third-order valence-corrected chi connectivity index (χ3v) is 3.82. The van der Waals surface area contributed by atoms with E-state index in [2.05, 4.69) is 18.3 Å². The van der Waals surface area contributed by atoms with Gasteiger partial charge in [-0.3, -0.25) is 0 Å². The molecule has 1 unspecified atom stereocenters. The summed E-state index contributed by atoms with van der Waals surface area (Å²) in [6.45, 7) is 5.07. The number of hydrogen-bond donors (Lipinski definition) is 1. The molecule has 2 aromatic heterocycles. The first kappa shape index (κ1) is 12.7. The SMILES string of the molecule is CCCNC(c1ccc(C)o1)c1ccc(Cl)s1.